The topological polar surface area (TPSA) is 117 Å². The maximum atomic E-state index is 13.0. The first kappa shape index (κ1) is 23.2. The van der Waals surface area contributed by atoms with Gasteiger partial charge in [-0.2, -0.15) is 10.4 Å². The number of halogens is 2. The summed E-state index contributed by atoms with van der Waals surface area (Å²) in [5.41, 5.74) is 9.48. The number of primary amides is 1. The summed E-state index contributed by atoms with van der Waals surface area (Å²) in [6.07, 6.45) is 1.69. The van der Waals surface area contributed by atoms with Crippen molar-refractivity contribution in [3.8, 4) is 17.3 Å². The van der Waals surface area contributed by atoms with Crippen LogP contribution < -0.4 is 11.1 Å². The van der Waals surface area contributed by atoms with Gasteiger partial charge in [0.05, 0.1) is 46.0 Å². The summed E-state index contributed by atoms with van der Waals surface area (Å²) >= 11 is 12.2. The van der Waals surface area contributed by atoms with Crippen LogP contribution in [0, 0.1) is 11.3 Å². The van der Waals surface area contributed by atoms with Gasteiger partial charge in [-0.1, -0.05) is 41.4 Å². The van der Waals surface area contributed by atoms with Crippen molar-refractivity contribution in [1.29, 1.82) is 5.26 Å². The van der Waals surface area contributed by atoms with Crippen molar-refractivity contribution >= 4 is 35.1 Å². The Kier molecular flexibility index (Phi) is 6.13. The minimum absolute atomic E-state index is 0.0809. The Hall–Kier alpha value is -3.54. The zero-order valence-electron chi connectivity index (χ0n) is 18.7. The number of nitriles is 1. The van der Waals surface area contributed by atoms with E-state index in [9.17, 15) is 9.59 Å². The Morgan fingerprint density at radius 3 is 2.49 bits per heavy atom. The zero-order valence-corrected chi connectivity index (χ0v) is 20.2. The first-order valence-corrected chi connectivity index (χ1v) is 12.0. The smallest absolute Gasteiger partial charge is 0.318 e. The fourth-order valence-electron chi connectivity index (χ4n) is 4.70. The number of nitrogens with zero attached hydrogens (tertiary/aromatic N) is 4. The lowest BCUT2D eigenvalue weighted by molar-refractivity contribution is 0.0997. The number of fused-ring (bicyclic) bond motifs is 1. The minimum Gasteiger partial charge on any atom is -0.365 e. The van der Waals surface area contributed by atoms with Gasteiger partial charge in [-0.25, -0.2) is 4.79 Å². The molecule has 2 aromatic carbocycles. The number of aromatic nitrogens is 2. The molecule has 0 bridgehead atoms. The van der Waals surface area contributed by atoms with Crippen molar-refractivity contribution in [1.82, 2.24) is 20.0 Å². The van der Waals surface area contributed by atoms with Crippen LogP contribution in [0.25, 0.3) is 11.3 Å². The second-order valence-electron chi connectivity index (χ2n) is 8.86. The molecule has 10 heteroatoms. The Bertz CT molecular complexity index is 1360. The predicted molar refractivity (Wildman–Crippen MR) is 132 cm³/mol. The first-order valence-electron chi connectivity index (χ1n) is 11.2. The van der Waals surface area contributed by atoms with Crippen molar-refractivity contribution in [3.05, 3.63) is 74.9 Å². The van der Waals surface area contributed by atoms with E-state index in [-0.39, 0.29) is 24.2 Å². The summed E-state index contributed by atoms with van der Waals surface area (Å²) in [5.74, 6) is -0.245. The summed E-state index contributed by atoms with van der Waals surface area (Å²) in [6.45, 7) is 1.14. The lowest BCUT2D eigenvalue weighted by atomic mass is 9.76. The van der Waals surface area contributed by atoms with Crippen molar-refractivity contribution in [3.63, 3.8) is 0 Å². The molecule has 0 radical (unpaired) electrons. The van der Waals surface area contributed by atoms with Crippen LogP contribution in [0.15, 0.2) is 42.5 Å². The third kappa shape index (κ3) is 4.45. The SMILES string of the molecule is N#Cc1ccc(C2CC(NC(=O)N3CCn4nc(-c5ccc(Cl)c(Cl)c5)c(C(N)=O)c4C3)C2)cc1. The molecule has 3 N–H and O–H groups in total. The molecule has 0 atom stereocenters. The molecule has 3 amide bonds. The highest BCUT2D eigenvalue weighted by Gasteiger charge is 2.34. The Labute approximate surface area is 212 Å². The van der Waals surface area contributed by atoms with E-state index in [0.29, 0.717) is 51.6 Å². The molecule has 2 aliphatic rings. The third-order valence-electron chi connectivity index (χ3n) is 6.68. The molecule has 1 aromatic heterocycles. The van der Waals surface area contributed by atoms with Crippen molar-refractivity contribution in [2.24, 2.45) is 5.73 Å². The van der Waals surface area contributed by atoms with Gasteiger partial charge in [-0.15, -0.1) is 0 Å². The number of nitrogens with two attached hydrogens (primary N) is 1. The molecule has 1 aliphatic heterocycles. The van der Waals surface area contributed by atoms with Gasteiger partial charge >= 0.3 is 6.03 Å². The maximum Gasteiger partial charge on any atom is 0.318 e. The van der Waals surface area contributed by atoms with E-state index in [1.54, 1.807) is 27.8 Å². The van der Waals surface area contributed by atoms with Crippen LogP contribution in [0.5, 0.6) is 0 Å². The Morgan fingerprint density at radius 2 is 1.83 bits per heavy atom. The zero-order chi connectivity index (χ0) is 24.7. The molecule has 5 rings (SSSR count). The number of hydrogen-bond acceptors (Lipinski definition) is 4. The molecule has 178 valence electrons. The van der Waals surface area contributed by atoms with Crippen LogP contribution in [0.2, 0.25) is 10.0 Å². The molecule has 2 heterocycles. The molecular formula is C25H22Cl2N6O2. The molecule has 0 saturated heterocycles. The minimum atomic E-state index is -0.612. The van der Waals surface area contributed by atoms with E-state index in [4.69, 9.17) is 34.2 Å². The predicted octanol–water partition coefficient (Wildman–Crippen LogP) is 4.30. The number of rotatable bonds is 4. The van der Waals surface area contributed by atoms with Gasteiger partial charge in [-0.05, 0) is 48.6 Å². The Balaban J connectivity index is 1.27. The van der Waals surface area contributed by atoms with Crippen LogP contribution >= 0.6 is 23.2 Å². The number of nitrogens with one attached hydrogen (secondary N) is 1. The van der Waals surface area contributed by atoms with E-state index in [2.05, 4.69) is 16.5 Å². The summed E-state index contributed by atoms with van der Waals surface area (Å²) in [6, 6.07) is 14.7. The quantitative estimate of drug-likeness (QED) is 0.546. The number of carbonyl (C=O) groups is 2. The lowest BCUT2D eigenvalue weighted by Gasteiger charge is -2.38. The van der Waals surface area contributed by atoms with Gasteiger partial charge in [-0.3, -0.25) is 9.48 Å². The van der Waals surface area contributed by atoms with Crippen molar-refractivity contribution < 1.29 is 9.59 Å². The van der Waals surface area contributed by atoms with Gasteiger partial charge in [0.25, 0.3) is 5.91 Å². The second kappa shape index (κ2) is 9.25. The fourth-order valence-corrected chi connectivity index (χ4v) is 5.00. The summed E-state index contributed by atoms with van der Waals surface area (Å²) in [5, 5.41) is 17.4. The van der Waals surface area contributed by atoms with Crippen LogP contribution in [0.1, 0.15) is 45.9 Å². The highest BCUT2D eigenvalue weighted by Crippen LogP contribution is 2.37. The van der Waals surface area contributed by atoms with Crippen LogP contribution in [0.4, 0.5) is 4.79 Å². The molecule has 1 saturated carbocycles. The monoisotopic (exact) mass is 508 g/mol. The molecule has 0 spiro atoms. The highest BCUT2D eigenvalue weighted by molar-refractivity contribution is 6.42. The summed E-state index contributed by atoms with van der Waals surface area (Å²) in [4.78, 5) is 27.0. The second-order valence-corrected chi connectivity index (χ2v) is 9.67. The van der Waals surface area contributed by atoms with Crippen molar-refractivity contribution in [2.75, 3.05) is 6.54 Å². The highest BCUT2D eigenvalue weighted by atomic mass is 35.5. The van der Waals surface area contributed by atoms with E-state index in [1.165, 1.54) is 5.56 Å². The van der Waals surface area contributed by atoms with E-state index in [0.717, 1.165) is 12.8 Å². The van der Waals surface area contributed by atoms with Gasteiger partial charge in [0.15, 0.2) is 0 Å². The van der Waals surface area contributed by atoms with Gasteiger partial charge in [0.1, 0.15) is 5.69 Å². The number of amides is 3. The van der Waals surface area contributed by atoms with Crippen LogP contribution in [-0.2, 0) is 13.1 Å². The van der Waals surface area contributed by atoms with Crippen LogP contribution in [-0.4, -0.2) is 39.2 Å². The summed E-state index contributed by atoms with van der Waals surface area (Å²) < 4.78 is 1.73. The van der Waals surface area contributed by atoms with Gasteiger partial charge in [0.2, 0.25) is 0 Å². The van der Waals surface area contributed by atoms with E-state index in [1.807, 2.05) is 24.3 Å². The van der Waals surface area contributed by atoms with Crippen molar-refractivity contribution in [2.45, 2.75) is 37.9 Å². The number of urea groups is 1. The number of carbonyl (C=O) groups excluding carboxylic acids is 2. The molecule has 1 aliphatic carbocycles. The van der Waals surface area contributed by atoms with Crippen LogP contribution in [0.3, 0.4) is 0 Å². The average molecular weight is 509 g/mol. The average Bonchev–Trinajstić information content (AvgIpc) is 3.22. The third-order valence-corrected chi connectivity index (χ3v) is 7.42. The largest absolute Gasteiger partial charge is 0.365 e. The maximum absolute atomic E-state index is 13.0. The molecule has 3 aromatic rings. The molecular weight excluding hydrogens is 487 g/mol. The van der Waals surface area contributed by atoms with E-state index < -0.39 is 5.91 Å². The van der Waals surface area contributed by atoms with Gasteiger partial charge < -0.3 is 16.0 Å². The first-order chi connectivity index (χ1) is 16.8. The fraction of sp³-hybridized carbons (Fsp3) is 0.280. The lowest BCUT2D eigenvalue weighted by Crippen LogP contribution is -2.51. The van der Waals surface area contributed by atoms with E-state index >= 15 is 0 Å². The molecule has 1 fully saturated rings. The molecule has 35 heavy (non-hydrogen) atoms. The molecule has 8 nitrogen and oxygen atoms in total. The number of hydrogen-bond donors (Lipinski definition) is 2. The summed E-state index contributed by atoms with van der Waals surface area (Å²) in [7, 11) is 0. The standard InChI is InChI=1S/C25H22Cl2N6O2/c26-19-6-5-16(11-20(19)27)23-22(24(29)34)21-13-32(7-8-33(21)31-23)25(35)30-18-9-17(10-18)15-3-1-14(12-28)2-4-15/h1-6,11,17-18H,7-10,13H2,(H2,29,34)(H,30,35). The normalized spacial score (nSPS) is 18.8. The number of benzene rings is 2. The molecule has 0 unspecified atom stereocenters. The Morgan fingerprint density at radius 1 is 1.09 bits per heavy atom. The van der Waals surface area contributed by atoms with Gasteiger partial charge in [0, 0.05) is 18.2 Å².